The number of amides is 1. The lowest BCUT2D eigenvalue weighted by Crippen LogP contribution is -2.57. The van der Waals surface area contributed by atoms with Gasteiger partial charge in [0.2, 0.25) is 0 Å². The predicted molar refractivity (Wildman–Crippen MR) is 147 cm³/mol. The number of aliphatic hydroxyl groups excluding tert-OH is 2. The summed E-state index contributed by atoms with van der Waals surface area (Å²) < 4.78 is 27.8. The average molecular weight is 582 g/mol. The lowest BCUT2D eigenvalue weighted by molar-refractivity contribution is -0.226. The molecular formula is C29H43NO11. The third-order valence-corrected chi connectivity index (χ3v) is 6.75. The van der Waals surface area contributed by atoms with Gasteiger partial charge in [-0.1, -0.05) is 13.8 Å². The first-order valence-corrected chi connectivity index (χ1v) is 13.6. The van der Waals surface area contributed by atoms with E-state index in [1.165, 1.54) is 20.8 Å². The Balaban J connectivity index is 1.96. The van der Waals surface area contributed by atoms with Gasteiger partial charge in [-0.05, 0) is 56.4 Å². The van der Waals surface area contributed by atoms with Crippen molar-refractivity contribution in [2.24, 2.45) is 5.41 Å². The smallest absolute Gasteiger partial charge is 0.303 e. The Morgan fingerprint density at radius 1 is 0.976 bits per heavy atom. The Labute approximate surface area is 240 Å². The summed E-state index contributed by atoms with van der Waals surface area (Å²) in [5, 5.41) is 22.5. The van der Waals surface area contributed by atoms with Crippen LogP contribution in [0, 0.1) is 19.3 Å². The number of aryl methyl sites for hydroxylation is 2. The van der Waals surface area contributed by atoms with Gasteiger partial charge in [-0.3, -0.25) is 19.2 Å². The first-order valence-electron chi connectivity index (χ1n) is 13.6. The molecule has 1 aliphatic heterocycles. The van der Waals surface area contributed by atoms with E-state index >= 15 is 0 Å². The first kappa shape index (κ1) is 34.0. The van der Waals surface area contributed by atoms with Crippen molar-refractivity contribution in [2.75, 3.05) is 25.1 Å². The molecule has 1 fully saturated rings. The molecular weight excluding hydrogens is 538 g/mol. The van der Waals surface area contributed by atoms with Crippen molar-refractivity contribution in [1.82, 2.24) is 0 Å². The van der Waals surface area contributed by atoms with E-state index in [2.05, 4.69) is 5.32 Å². The number of nitrogens with one attached hydrogen (secondary N) is 1. The van der Waals surface area contributed by atoms with Crippen molar-refractivity contribution in [1.29, 1.82) is 0 Å². The van der Waals surface area contributed by atoms with Crippen LogP contribution in [-0.2, 0) is 38.1 Å². The highest BCUT2D eigenvalue weighted by Gasteiger charge is 2.46. The summed E-state index contributed by atoms with van der Waals surface area (Å²) in [6, 6.07) is 3.57. The molecule has 0 saturated carbocycles. The third-order valence-electron chi connectivity index (χ3n) is 6.75. The normalized spacial score (nSPS) is 21.4. The number of benzene rings is 1. The molecule has 1 saturated heterocycles. The van der Waals surface area contributed by atoms with E-state index in [9.17, 15) is 29.4 Å². The number of rotatable bonds is 13. The number of hydrogen-bond acceptors (Lipinski definition) is 11. The van der Waals surface area contributed by atoms with Gasteiger partial charge in [0.1, 0.15) is 11.9 Å². The fourth-order valence-corrected chi connectivity index (χ4v) is 4.54. The van der Waals surface area contributed by atoms with Crippen molar-refractivity contribution >= 4 is 29.5 Å². The number of unbranched alkanes of at least 4 members (excludes halogenated alkanes) is 1. The maximum atomic E-state index is 12.5. The summed E-state index contributed by atoms with van der Waals surface area (Å²) in [4.78, 5) is 47.5. The van der Waals surface area contributed by atoms with E-state index in [1.807, 2.05) is 13.8 Å². The Kier molecular flexibility index (Phi) is 12.5. The largest absolute Gasteiger partial charge is 0.494 e. The van der Waals surface area contributed by atoms with Gasteiger partial charge < -0.3 is 39.2 Å². The van der Waals surface area contributed by atoms with Crippen molar-refractivity contribution in [3.63, 3.8) is 0 Å². The van der Waals surface area contributed by atoms with Crippen LogP contribution in [0.4, 0.5) is 5.69 Å². The molecule has 1 amide bonds. The summed E-state index contributed by atoms with van der Waals surface area (Å²) >= 11 is 0. The molecule has 3 N–H and O–H groups in total. The molecule has 230 valence electrons. The third kappa shape index (κ3) is 9.98. The van der Waals surface area contributed by atoms with E-state index in [1.54, 1.807) is 26.0 Å². The number of aliphatic hydroxyl groups is 2. The summed E-state index contributed by atoms with van der Waals surface area (Å²) in [5.74, 6) is -1.74. The number of anilines is 1. The number of hydrogen-bond donors (Lipinski definition) is 3. The van der Waals surface area contributed by atoms with Crippen LogP contribution in [0.25, 0.3) is 0 Å². The maximum absolute atomic E-state index is 12.5. The molecule has 1 heterocycles. The number of carbonyl (C=O) groups is 4. The zero-order chi connectivity index (χ0) is 30.9. The topological polar surface area (TPSA) is 167 Å². The molecule has 0 aromatic heterocycles. The number of ether oxygens (including phenoxy) is 5. The van der Waals surface area contributed by atoms with Gasteiger partial charge >= 0.3 is 17.9 Å². The lowest BCUT2D eigenvalue weighted by Gasteiger charge is -2.40. The average Bonchev–Trinajstić information content (AvgIpc) is 2.87. The van der Waals surface area contributed by atoms with Crippen LogP contribution in [0.3, 0.4) is 0 Å². The summed E-state index contributed by atoms with van der Waals surface area (Å²) in [6.45, 7) is 10.6. The van der Waals surface area contributed by atoms with Gasteiger partial charge in [0.05, 0.1) is 25.9 Å². The van der Waals surface area contributed by atoms with Crippen LogP contribution in [0.15, 0.2) is 12.1 Å². The zero-order valence-corrected chi connectivity index (χ0v) is 24.9. The lowest BCUT2D eigenvalue weighted by atomic mass is 9.87. The van der Waals surface area contributed by atoms with Crippen LogP contribution in [0.2, 0.25) is 0 Å². The van der Waals surface area contributed by atoms with E-state index in [4.69, 9.17) is 23.7 Å². The molecule has 41 heavy (non-hydrogen) atoms. The maximum Gasteiger partial charge on any atom is 0.303 e. The second-order valence-corrected chi connectivity index (χ2v) is 11.0. The minimum Gasteiger partial charge on any atom is -0.494 e. The summed E-state index contributed by atoms with van der Waals surface area (Å²) in [7, 11) is 0. The van der Waals surface area contributed by atoms with Crippen molar-refractivity contribution < 1.29 is 53.1 Å². The van der Waals surface area contributed by atoms with Crippen LogP contribution >= 0.6 is 0 Å². The number of esters is 3. The van der Waals surface area contributed by atoms with Crippen LogP contribution < -0.4 is 10.1 Å². The standard InChI is InChI=1S/C29H43NO11/c1-16-12-21(13-17(2)24(16)30-28(36)27(35)29(6,7)15-31)37-11-9-8-10-22-25(40-19(4)33)26(41-20(5)34)23(14-38-22)39-18(3)32/h12-13,22-23,25-27,31,35H,8-11,14-15H2,1-7H3,(H,30,36)/t22-,23+,25-,26-,27?/m0/s1. The molecule has 1 aromatic rings. The SMILES string of the molecule is CC(=O)O[C@@H]1[C@@H](OC(C)=O)[C@H](OC(C)=O)CO[C@H]1CCCCOc1cc(C)c(NC(=O)C(O)C(C)(C)CO)c(C)c1. The highest BCUT2D eigenvalue weighted by Crippen LogP contribution is 2.30. The molecule has 0 bridgehead atoms. The second-order valence-electron chi connectivity index (χ2n) is 11.0. The predicted octanol–water partition coefficient (Wildman–Crippen LogP) is 2.36. The van der Waals surface area contributed by atoms with Gasteiger partial charge in [0.15, 0.2) is 18.3 Å². The molecule has 5 atom stereocenters. The van der Waals surface area contributed by atoms with Gasteiger partial charge in [-0.25, -0.2) is 0 Å². The van der Waals surface area contributed by atoms with E-state index in [-0.39, 0.29) is 13.2 Å². The molecule has 12 nitrogen and oxygen atoms in total. The van der Waals surface area contributed by atoms with E-state index < -0.39 is 59.7 Å². The van der Waals surface area contributed by atoms with Crippen LogP contribution in [0.1, 0.15) is 65.0 Å². The van der Waals surface area contributed by atoms with Gasteiger partial charge in [0, 0.05) is 31.9 Å². The van der Waals surface area contributed by atoms with E-state index in [0.717, 1.165) is 11.1 Å². The molecule has 2 rings (SSSR count). The van der Waals surface area contributed by atoms with Gasteiger partial charge in [-0.2, -0.15) is 0 Å². The molecule has 1 aliphatic rings. The van der Waals surface area contributed by atoms with Crippen molar-refractivity contribution in [2.45, 2.75) is 98.2 Å². The van der Waals surface area contributed by atoms with Crippen molar-refractivity contribution in [3.8, 4) is 5.75 Å². The first-order chi connectivity index (χ1) is 19.2. The molecule has 0 radical (unpaired) electrons. The monoisotopic (exact) mass is 581 g/mol. The zero-order valence-electron chi connectivity index (χ0n) is 24.9. The van der Waals surface area contributed by atoms with Crippen LogP contribution in [0.5, 0.6) is 5.75 Å². The Morgan fingerprint density at radius 2 is 1.54 bits per heavy atom. The fraction of sp³-hybridized carbons (Fsp3) is 0.655. The van der Waals surface area contributed by atoms with Crippen molar-refractivity contribution in [3.05, 3.63) is 23.3 Å². The number of carbonyl (C=O) groups excluding carboxylic acids is 4. The van der Waals surface area contributed by atoms with Gasteiger partial charge in [-0.15, -0.1) is 0 Å². The Hall–Kier alpha value is -3.22. The summed E-state index contributed by atoms with van der Waals surface area (Å²) in [6.07, 6.45) is -3.04. The van der Waals surface area contributed by atoms with E-state index in [0.29, 0.717) is 37.3 Å². The minimum atomic E-state index is -1.38. The highest BCUT2D eigenvalue weighted by molar-refractivity contribution is 5.96. The van der Waals surface area contributed by atoms with Crippen LogP contribution in [-0.4, -0.2) is 84.4 Å². The molecule has 0 spiro atoms. The highest BCUT2D eigenvalue weighted by atomic mass is 16.6. The molecule has 1 aromatic carbocycles. The fourth-order valence-electron chi connectivity index (χ4n) is 4.54. The molecule has 12 heteroatoms. The second kappa shape index (κ2) is 15.1. The molecule has 0 aliphatic carbocycles. The quantitative estimate of drug-likeness (QED) is 0.178. The minimum absolute atomic E-state index is 0.00752. The molecule has 1 unspecified atom stereocenters. The summed E-state index contributed by atoms with van der Waals surface area (Å²) in [5.41, 5.74) is 1.08. The van der Waals surface area contributed by atoms with Gasteiger partial charge in [0.25, 0.3) is 5.91 Å². The Morgan fingerprint density at radius 3 is 2.07 bits per heavy atom. The Bertz CT molecular complexity index is 1060.